The van der Waals surface area contributed by atoms with E-state index in [-0.39, 0.29) is 30.9 Å². The molecule has 2 N–H and O–H groups in total. The number of carbonyl (C=O) groups is 2. The van der Waals surface area contributed by atoms with Crippen LogP contribution in [0.4, 0.5) is 0 Å². The first-order valence-electron chi connectivity index (χ1n) is 8.31. The van der Waals surface area contributed by atoms with Crippen LogP contribution >= 0.6 is 11.6 Å². The van der Waals surface area contributed by atoms with E-state index < -0.39 is 0 Å². The lowest BCUT2D eigenvalue weighted by atomic mass is 10.2. The number of carbonyl (C=O) groups excluding carboxylic acids is 2. The maximum atomic E-state index is 11.9. The van der Waals surface area contributed by atoms with Crippen LogP contribution in [0.25, 0.3) is 0 Å². The van der Waals surface area contributed by atoms with Crippen molar-refractivity contribution in [2.45, 2.75) is 12.5 Å². The van der Waals surface area contributed by atoms with Crippen molar-refractivity contribution >= 4 is 23.4 Å². The summed E-state index contributed by atoms with van der Waals surface area (Å²) in [6, 6.07) is 14.0. The summed E-state index contributed by atoms with van der Waals surface area (Å²) in [5.41, 5.74) is 0.501. The van der Waals surface area contributed by atoms with Crippen molar-refractivity contribution in [3.05, 3.63) is 59.1 Å². The van der Waals surface area contributed by atoms with E-state index in [1.807, 2.05) is 24.3 Å². The maximum absolute atomic E-state index is 11.9. The molecule has 0 bridgehead atoms. The van der Waals surface area contributed by atoms with Gasteiger partial charge in [-0.1, -0.05) is 23.7 Å². The van der Waals surface area contributed by atoms with Crippen LogP contribution in [0, 0.1) is 0 Å². The van der Waals surface area contributed by atoms with Gasteiger partial charge >= 0.3 is 0 Å². The second-order valence-electron chi connectivity index (χ2n) is 5.81. The topological polar surface area (TPSA) is 76.7 Å². The number of halogens is 1. The fourth-order valence-corrected chi connectivity index (χ4v) is 2.60. The van der Waals surface area contributed by atoms with E-state index in [2.05, 4.69) is 10.6 Å². The maximum Gasteiger partial charge on any atom is 0.251 e. The van der Waals surface area contributed by atoms with Gasteiger partial charge in [0.25, 0.3) is 5.91 Å². The van der Waals surface area contributed by atoms with E-state index in [9.17, 15) is 9.59 Å². The summed E-state index contributed by atoms with van der Waals surface area (Å²) in [5.74, 6) is 0.979. The van der Waals surface area contributed by atoms with Crippen LogP contribution in [-0.2, 0) is 4.79 Å². The van der Waals surface area contributed by atoms with E-state index in [4.69, 9.17) is 21.1 Å². The number of benzene rings is 2. The summed E-state index contributed by atoms with van der Waals surface area (Å²) in [6.45, 7) is 0.973. The van der Waals surface area contributed by atoms with Crippen molar-refractivity contribution in [2.24, 2.45) is 0 Å². The molecule has 0 aliphatic carbocycles. The zero-order chi connectivity index (χ0) is 18.4. The zero-order valence-corrected chi connectivity index (χ0v) is 14.8. The van der Waals surface area contributed by atoms with Gasteiger partial charge in [-0.3, -0.25) is 9.59 Å². The molecule has 0 spiro atoms. The SMILES string of the molecule is O=C(CCNC(=O)c1ccc(Cl)cc1)NC[C@H]1COc2ccccc2O1. The highest BCUT2D eigenvalue weighted by Gasteiger charge is 2.20. The minimum atomic E-state index is -0.241. The molecule has 1 atom stereocenters. The minimum Gasteiger partial charge on any atom is -0.486 e. The number of para-hydroxylation sites is 2. The highest BCUT2D eigenvalue weighted by molar-refractivity contribution is 6.30. The molecule has 6 nitrogen and oxygen atoms in total. The molecule has 7 heteroatoms. The predicted octanol–water partition coefficient (Wildman–Crippen LogP) is 2.42. The summed E-state index contributed by atoms with van der Waals surface area (Å²) in [4.78, 5) is 23.9. The molecule has 2 amide bonds. The van der Waals surface area contributed by atoms with Crippen LogP contribution in [0.5, 0.6) is 11.5 Å². The average Bonchev–Trinajstić information content (AvgIpc) is 2.66. The van der Waals surface area contributed by atoms with E-state index in [0.717, 1.165) is 0 Å². The molecule has 0 saturated heterocycles. The van der Waals surface area contributed by atoms with Gasteiger partial charge in [0.2, 0.25) is 5.91 Å². The Balaban J connectivity index is 1.36. The quantitative estimate of drug-likeness (QED) is 0.814. The lowest BCUT2D eigenvalue weighted by Gasteiger charge is -2.26. The van der Waals surface area contributed by atoms with Crippen LogP contribution in [0.15, 0.2) is 48.5 Å². The Bertz CT molecular complexity index is 779. The Kier molecular flexibility index (Phi) is 5.96. The number of nitrogens with one attached hydrogen (secondary N) is 2. The number of amides is 2. The highest BCUT2D eigenvalue weighted by Crippen LogP contribution is 2.30. The van der Waals surface area contributed by atoms with Crippen molar-refractivity contribution in [2.75, 3.05) is 19.7 Å². The number of ether oxygens (including phenoxy) is 2. The van der Waals surface area contributed by atoms with Gasteiger partial charge < -0.3 is 20.1 Å². The van der Waals surface area contributed by atoms with E-state index >= 15 is 0 Å². The average molecular weight is 375 g/mol. The molecule has 136 valence electrons. The predicted molar refractivity (Wildman–Crippen MR) is 97.8 cm³/mol. The molecule has 0 unspecified atom stereocenters. The second-order valence-corrected chi connectivity index (χ2v) is 6.25. The van der Waals surface area contributed by atoms with Crippen LogP contribution < -0.4 is 20.1 Å². The van der Waals surface area contributed by atoms with E-state index in [0.29, 0.717) is 35.2 Å². The fraction of sp³-hybridized carbons (Fsp3) is 0.263. The van der Waals surface area contributed by atoms with Crippen LogP contribution in [0.1, 0.15) is 16.8 Å². The molecule has 2 aromatic rings. The Labute approximate surface area is 156 Å². The molecular weight excluding hydrogens is 356 g/mol. The van der Waals surface area contributed by atoms with Crippen molar-refractivity contribution < 1.29 is 19.1 Å². The van der Waals surface area contributed by atoms with Gasteiger partial charge in [0.1, 0.15) is 12.7 Å². The van der Waals surface area contributed by atoms with Crippen molar-refractivity contribution in [1.82, 2.24) is 10.6 Å². The first-order valence-corrected chi connectivity index (χ1v) is 8.68. The number of fused-ring (bicyclic) bond motifs is 1. The van der Waals surface area contributed by atoms with Gasteiger partial charge in [-0.05, 0) is 36.4 Å². The third-order valence-electron chi connectivity index (χ3n) is 3.84. The first-order chi connectivity index (χ1) is 12.6. The molecule has 1 aliphatic rings. The summed E-state index contributed by atoms with van der Waals surface area (Å²) in [5, 5.41) is 6.06. The summed E-state index contributed by atoms with van der Waals surface area (Å²) in [6.07, 6.45) is -0.0544. The zero-order valence-electron chi connectivity index (χ0n) is 14.0. The highest BCUT2D eigenvalue weighted by atomic mass is 35.5. The van der Waals surface area contributed by atoms with Gasteiger partial charge in [-0.25, -0.2) is 0 Å². The summed E-state index contributed by atoms with van der Waals surface area (Å²) >= 11 is 5.79. The normalized spacial score (nSPS) is 15.2. The molecule has 0 radical (unpaired) electrons. The fourth-order valence-electron chi connectivity index (χ4n) is 2.47. The Hall–Kier alpha value is -2.73. The van der Waals surface area contributed by atoms with Crippen molar-refractivity contribution in [3.8, 4) is 11.5 Å². The molecule has 26 heavy (non-hydrogen) atoms. The Morgan fingerprint density at radius 2 is 1.77 bits per heavy atom. The second kappa shape index (κ2) is 8.58. The van der Waals surface area contributed by atoms with Crippen LogP contribution in [0.2, 0.25) is 5.02 Å². The largest absolute Gasteiger partial charge is 0.486 e. The molecule has 0 saturated carbocycles. The minimum absolute atomic E-state index is 0.163. The molecule has 0 fully saturated rings. The summed E-state index contributed by atoms with van der Waals surface area (Å²) < 4.78 is 11.4. The molecular formula is C19H19ClN2O4. The number of hydrogen-bond acceptors (Lipinski definition) is 4. The van der Waals surface area contributed by atoms with Gasteiger partial charge in [-0.15, -0.1) is 0 Å². The smallest absolute Gasteiger partial charge is 0.251 e. The Morgan fingerprint density at radius 1 is 1.04 bits per heavy atom. The van der Waals surface area contributed by atoms with Crippen molar-refractivity contribution in [1.29, 1.82) is 0 Å². The third-order valence-corrected chi connectivity index (χ3v) is 4.09. The lowest BCUT2D eigenvalue weighted by Crippen LogP contribution is -2.41. The number of hydrogen-bond donors (Lipinski definition) is 2. The number of rotatable bonds is 6. The first kappa shape index (κ1) is 18.1. The standard InChI is InChI=1S/C19H19ClN2O4/c20-14-7-5-13(6-8-14)19(24)21-10-9-18(23)22-11-15-12-25-16-3-1-2-4-17(16)26-15/h1-8,15H,9-12H2,(H,21,24)(H,22,23)/t15-/m0/s1. The van der Waals surface area contributed by atoms with Crippen molar-refractivity contribution in [3.63, 3.8) is 0 Å². The molecule has 0 aromatic heterocycles. The van der Waals surface area contributed by atoms with E-state index in [1.54, 1.807) is 24.3 Å². The van der Waals surface area contributed by atoms with Crippen LogP contribution in [0.3, 0.4) is 0 Å². The molecule has 1 heterocycles. The molecule has 3 rings (SSSR count). The molecule has 1 aliphatic heterocycles. The van der Waals surface area contributed by atoms with Gasteiger partial charge in [-0.2, -0.15) is 0 Å². The summed E-state index contributed by atoms with van der Waals surface area (Å²) in [7, 11) is 0. The van der Waals surface area contributed by atoms with Gasteiger partial charge in [0.15, 0.2) is 11.5 Å². The van der Waals surface area contributed by atoms with E-state index in [1.165, 1.54) is 0 Å². The monoisotopic (exact) mass is 374 g/mol. The molecule has 2 aromatic carbocycles. The van der Waals surface area contributed by atoms with Gasteiger partial charge in [0, 0.05) is 23.6 Å². The van der Waals surface area contributed by atoms with Crippen LogP contribution in [-0.4, -0.2) is 37.6 Å². The lowest BCUT2D eigenvalue weighted by molar-refractivity contribution is -0.121. The third kappa shape index (κ3) is 4.89. The van der Waals surface area contributed by atoms with Gasteiger partial charge in [0.05, 0.1) is 6.54 Å². The Morgan fingerprint density at radius 3 is 2.54 bits per heavy atom.